The predicted octanol–water partition coefficient (Wildman–Crippen LogP) is 3.98. The molecule has 2 nitrogen and oxygen atoms in total. The molecule has 3 atom stereocenters. The van der Waals surface area contributed by atoms with Crippen LogP contribution in [0.2, 0.25) is 0 Å². The normalized spacial score (nSPS) is 26.5. The Labute approximate surface area is 114 Å². The molecule has 1 aliphatic heterocycles. The third-order valence-corrected chi connectivity index (χ3v) is 3.47. The zero-order chi connectivity index (χ0) is 13.2. The third kappa shape index (κ3) is 2.42. The monoisotopic (exact) mass is 253 g/mol. The molecular weight excluding hydrogens is 236 g/mol. The van der Waals surface area contributed by atoms with Gasteiger partial charge in [0, 0.05) is 5.56 Å². The van der Waals surface area contributed by atoms with Crippen LogP contribution >= 0.6 is 0 Å². The second kappa shape index (κ2) is 5.16. The largest absolute Gasteiger partial charge is 0.342 e. The van der Waals surface area contributed by atoms with Gasteiger partial charge in [0.15, 0.2) is 6.29 Å². The quantitative estimate of drug-likeness (QED) is 0.805. The van der Waals surface area contributed by atoms with E-state index in [0.29, 0.717) is 0 Å². The van der Waals surface area contributed by atoms with Gasteiger partial charge >= 0.3 is 0 Å². The van der Waals surface area contributed by atoms with Crippen molar-refractivity contribution in [1.29, 1.82) is 0 Å². The van der Waals surface area contributed by atoms with Crippen LogP contribution in [0.5, 0.6) is 0 Å². The first kappa shape index (κ1) is 12.4. The summed E-state index contributed by atoms with van der Waals surface area (Å²) in [5.74, 6) is 0. The summed E-state index contributed by atoms with van der Waals surface area (Å²) in [7, 11) is 0. The standard InChI is InChI=1S/C17H17O2/c1-12-8-6-7-11-15(12)16-13(2)18-17(19-16)14-9-4-3-5-10-14/h3-11,13,16-17H,2H2,1H3/t13-,16+,17?/m1/s1. The lowest BCUT2D eigenvalue weighted by Crippen LogP contribution is -2.11. The minimum atomic E-state index is -0.326. The summed E-state index contributed by atoms with van der Waals surface area (Å²) in [6.07, 6.45) is -0.619. The van der Waals surface area contributed by atoms with E-state index in [0.717, 1.165) is 11.1 Å². The van der Waals surface area contributed by atoms with E-state index in [9.17, 15) is 0 Å². The Kier molecular flexibility index (Phi) is 3.36. The molecule has 1 aliphatic rings. The lowest BCUT2D eigenvalue weighted by Gasteiger charge is -2.15. The Hall–Kier alpha value is -1.64. The maximum Gasteiger partial charge on any atom is 0.185 e. The molecule has 19 heavy (non-hydrogen) atoms. The zero-order valence-electron chi connectivity index (χ0n) is 11.0. The highest BCUT2D eigenvalue weighted by Crippen LogP contribution is 2.40. The number of benzene rings is 2. The fourth-order valence-corrected chi connectivity index (χ4v) is 2.43. The van der Waals surface area contributed by atoms with Crippen molar-refractivity contribution in [2.75, 3.05) is 0 Å². The van der Waals surface area contributed by atoms with Crippen molar-refractivity contribution in [3.05, 3.63) is 78.2 Å². The molecule has 2 heteroatoms. The second-order valence-electron chi connectivity index (χ2n) is 4.83. The van der Waals surface area contributed by atoms with E-state index >= 15 is 0 Å². The average molecular weight is 253 g/mol. The molecule has 0 aromatic heterocycles. The summed E-state index contributed by atoms with van der Waals surface area (Å²) < 4.78 is 11.9. The number of hydrogen-bond acceptors (Lipinski definition) is 2. The highest BCUT2D eigenvalue weighted by atomic mass is 16.7. The first-order chi connectivity index (χ1) is 9.25. The Morgan fingerprint density at radius 3 is 2.32 bits per heavy atom. The molecular formula is C17H17O2. The molecule has 0 bridgehead atoms. The summed E-state index contributed by atoms with van der Waals surface area (Å²) in [6, 6.07) is 18.2. The van der Waals surface area contributed by atoms with Gasteiger partial charge < -0.3 is 9.47 Å². The van der Waals surface area contributed by atoms with Gasteiger partial charge in [-0.15, -0.1) is 0 Å². The summed E-state index contributed by atoms with van der Waals surface area (Å²) in [4.78, 5) is 0. The van der Waals surface area contributed by atoms with Crippen molar-refractivity contribution in [3.8, 4) is 0 Å². The van der Waals surface area contributed by atoms with Gasteiger partial charge in [0.1, 0.15) is 6.10 Å². The van der Waals surface area contributed by atoms with E-state index in [2.05, 4.69) is 26.0 Å². The van der Waals surface area contributed by atoms with Crippen molar-refractivity contribution in [2.45, 2.75) is 25.4 Å². The Morgan fingerprint density at radius 2 is 1.58 bits per heavy atom. The van der Waals surface area contributed by atoms with Gasteiger partial charge in [-0.1, -0.05) is 54.6 Å². The van der Waals surface area contributed by atoms with E-state index in [4.69, 9.17) is 9.47 Å². The molecule has 97 valence electrons. The lowest BCUT2D eigenvalue weighted by molar-refractivity contribution is -0.0657. The number of hydrogen-bond donors (Lipinski definition) is 0. The Bertz CT molecular complexity index is 550. The summed E-state index contributed by atoms with van der Waals surface area (Å²) in [5, 5.41) is 0. The minimum absolute atomic E-state index is 0.105. The van der Waals surface area contributed by atoms with Gasteiger partial charge in [-0.3, -0.25) is 0 Å². The molecule has 0 spiro atoms. The number of rotatable bonds is 2. The van der Waals surface area contributed by atoms with Crippen molar-refractivity contribution in [1.82, 2.24) is 0 Å². The fourth-order valence-electron chi connectivity index (χ4n) is 2.43. The molecule has 1 heterocycles. The van der Waals surface area contributed by atoms with Gasteiger partial charge in [-0.05, 0) is 25.0 Å². The maximum absolute atomic E-state index is 6.04. The molecule has 0 aliphatic carbocycles. The molecule has 0 amide bonds. The second-order valence-corrected chi connectivity index (χ2v) is 4.83. The van der Waals surface area contributed by atoms with Crippen LogP contribution in [0.3, 0.4) is 0 Å². The van der Waals surface area contributed by atoms with E-state index in [1.807, 2.05) is 42.5 Å². The predicted molar refractivity (Wildman–Crippen MR) is 74.4 cm³/mol. The first-order valence-electron chi connectivity index (χ1n) is 6.50. The summed E-state index contributed by atoms with van der Waals surface area (Å²) in [6.45, 7) is 6.15. The molecule has 3 rings (SSSR count). The summed E-state index contributed by atoms with van der Waals surface area (Å²) >= 11 is 0. The maximum atomic E-state index is 6.04. The molecule has 1 unspecified atom stereocenters. The van der Waals surface area contributed by atoms with Crippen LogP contribution in [-0.2, 0) is 9.47 Å². The zero-order valence-corrected chi connectivity index (χ0v) is 11.0. The van der Waals surface area contributed by atoms with Gasteiger partial charge in [-0.25, -0.2) is 0 Å². The molecule has 1 saturated heterocycles. The van der Waals surface area contributed by atoms with Crippen LogP contribution in [-0.4, -0.2) is 6.10 Å². The molecule has 2 aromatic carbocycles. The number of ether oxygens (including phenoxy) is 2. The van der Waals surface area contributed by atoms with Crippen LogP contribution < -0.4 is 0 Å². The first-order valence-corrected chi connectivity index (χ1v) is 6.50. The number of aryl methyl sites for hydroxylation is 1. The van der Waals surface area contributed by atoms with Crippen LogP contribution in [0.1, 0.15) is 29.1 Å². The van der Waals surface area contributed by atoms with Gasteiger partial charge in [-0.2, -0.15) is 0 Å². The van der Waals surface area contributed by atoms with E-state index in [1.54, 1.807) is 0 Å². The van der Waals surface area contributed by atoms with Gasteiger partial charge in [0.25, 0.3) is 0 Å². The highest BCUT2D eigenvalue weighted by molar-refractivity contribution is 5.30. The van der Waals surface area contributed by atoms with Crippen LogP contribution in [0, 0.1) is 13.8 Å². The van der Waals surface area contributed by atoms with Crippen molar-refractivity contribution in [3.63, 3.8) is 0 Å². The van der Waals surface area contributed by atoms with E-state index in [-0.39, 0.29) is 18.5 Å². The Balaban J connectivity index is 1.85. The topological polar surface area (TPSA) is 18.5 Å². The van der Waals surface area contributed by atoms with Crippen molar-refractivity contribution in [2.24, 2.45) is 0 Å². The fraction of sp³-hybridized carbons (Fsp3) is 0.235. The average Bonchev–Trinajstić information content (AvgIpc) is 2.82. The molecule has 1 radical (unpaired) electrons. The van der Waals surface area contributed by atoms with Gasteiger partial charge in [0.2, 0.25) is 0 Å². The van der Waals surface area contributed by atoms with E-state index in [1.165, 1.54) is 5.56 Å². The molecule has 0 N–H and O–H groups in total. The van der Waals surface area contributed by atoms with Crippen molar-refractivity contribution >= 4 is 0 Å². The Morgan fingerprint density at radius 1 is 0.895 bits per heavy atom. The molecule has 1 fully saturated rings. The molecule has 2 aromatic rings. The van der Waals surface area contributed by atoms with Crippen LogP contribution in [0.4, 0.5) is 0 Å². The van der Waals surface area contributed by atoms with Crippen LogP contribution in [0.15, 0.2) is 54.6 Å². The van der Waals surface area contributed by atoms with Crippen LogP contribution in [0.25, 0.3) is 0 Å². The van der Waals surface area contributed by atoms with Gasteiger partial charge in [0.05, 0.1) is 6.10 Å². The smallest absolute Gasteiger partial charge is 0.185 e. The molecule has 0 saturated carbocycles. The lowest BCUT2D eigenvalue weighted by atomic mass is 10.0. The van der Waals surface area contributed by atoms with E-state index < -0.39 is 0 Å². The van der Waals surface area contributed by atoms with Crippen molar-refractivity contribution < 1.29 is 9.47 Å². The highest BCUT2D eigenvalue weighted by Gasteiger charge is 2.35. The summed E-state index contributed by atoms with van der Waals surface area (Å²) in [5.41, 5.74) is 3.40. The SMILES string of the molecule is [CH2][C@H]1OC(c2ccccc2)O[C@@H]1c1ccccc1C. The third-order valence-electron chi connectivity index (χ3n) is 3.47. The minimum Gasteiger partial charge on any atom is -0.342 e.